The molecule has 0 spiro atoms. The number of Topliss-reactive ketones (excluding diaryl/α,β-unsaturated/α-hetero) is 1. The second-order valence-corrected chi connectivity index (χ2v) is 21.6. The highest BCUT2D eigenvalue weighted by Gasteiger charge is 2.47. The van der Waals surface area contributed by atoms with Gasteiger partial charge in [0.1, 0.15) is 18.0 Å². The summed E-state index contributed by atoms with van der Waals surface area (Å²) in [5.41, 5.74) is 18.8. The van der Waals surface area contributed by atoms with Crippen LogP contribution in [0.1, 0.15) is 51.9 Å². The van der Waals surface area contributed by atoms with Crippen molar-refractivity contribution < 1.29 is 4.79 Å². The molecule has 9 aromatic rings. The molecule has 10 nitrogen and oxygen atoms in total. The van der Waals surface area contributed by atoms with Crippen LogP contribution in [-0.2, 0) is 12.1 Å². The Morgan fingerprint density at radius 2 is 0.738 bits per heavy atom. The Morgan fingerprint density at radius 1 is 0.388 bits per heavy atom. The first-order chi connectivity index (χ1) is 38.7. The van der Waals surface area contributed by atoms with E-state index in [2.05, 4.69) is 313 Å². The zero-order valence-corrected chi connectivity index (χ0v) is 48.2. The largest absolute Gasteiger partial charge is 0.378 e. The SMILES string of the molecule is CC(=O)c1ccc2c(c1)N(C)C(c1ccc(N(C)C)cc1)N2C.CN(C)c1ccc(C2(Cc3ccccc3)N(C)c3ccccc3N2C)cc1.CN1c2ccccc2N(C)C1c1ccc(N(c2ccccc2)c2ccccc2)cc1. The first-order valence-corrected chi connectivity index (χ1v) is 27.5. The number of likely N-dealkylation sites (N-methyl/N-ethyl adjacent to an activating group) is 2. The van der Waals surface area contributed by atoms with Crippen molar-refractivity contribution in [1.82, 2.24) is 0 Å². The molecule has 0 bridgehead atoms. The van der Waals surface area contributed by atoms with Crippen LogP contribution in [0.2, 0.25) is 0 Å². The summed E-state index contributed by atoms with van der Waals surface area (Å²) in [5, 5.41) is 0. The van der Waals surface area contributed by atoms with Crippen LogP contribution in [-0.4, -0.2) is 76.3 Å². The van der Waals surface area contributed by atoms with Crippen LogP contribution in [0.5, 0.6) is 0 Å². The van der Waals surface area contributed by atoms with E-state index < -0.39 is 0 Å². The minimum atomic E-state index is -0.254. The molecule has 3 aliphatic heterocycles. The van der Waals surface area contributed by atoms with Crippen LogP contribution in [0, 0.1) is 0 Å². The standard InChI is InChI=1S/C27H25N3.C24H27N3.C19H23N3O/c1-28-25-15-9-10-16-26(25)29(2)27(28)21-17-19-24(20-18-21)30(22-11-5-3-6-12-22)23-13-7-4-8-14-23;1-25(2)21-16-14-20(15-17-21)24(18-19-10-6-5-7-11-19)26(3)22-12-8-9-13-23(22)27(24)4;1-13(23)15-8-11-17-18(12-15)22(5)19(21(17)4)14-6-9-16(10-7-14)20(2)3/h3-20,27H,1-2H3;5-17H,18H2,1-4H3;6-12,19H,1-5H3. The highest BCUT2D eigenvalue weighted by molar-refractivity contribution is 5.97. The Morgan fingerprint density at radius 3 is 1.16 bits per heavy atom. The van der Waals surface area contributed by atoms with Gasteiger partial charge in [-0.1, -0.05) is 127 Å². The number of para-hydroxylation sites is 6. The molecule has 12 rings (SSSR count). The van der Waals surface area contributed by atoms with E-state index in [9.17, 15) is 4.79 Å². The van der Waals surface area contributed by atoms with Gasteiger partial charge in [-0.3, -0.25) is 4.79 Å². The smallest absolute Gasteiger partial charge is 0.159 e. The van der Waals surface area contributed by atoms with Gasteiger partial charge in [0, 0.05) is 111 Å². The average Bonchev–Trinajstić information content (AvgIpc) is 4.10. The molecular weight excluding hydrogens is 983 g/mol. The van der Waals surface area contributed by atoms with Crippen molar-refractivity contribution in [2.24, 2.45) is 0 Å². The van der Waals surface area contributed by atoms with Gasteiger partial charge < -0.3 is 44.1 Å². The number of rotatable bonds is 11. The predicted octanol–water partition coefficient (Wildman–Crippen LogP) is 15.0. The summed E-state index contributed by atoms with van der Waals surface area (Å²) in [6.07, 6.45) is 1.25. The number of hydrogen-bond donors (Lipinski definition) is 0. The van der Waals surface area contributed by atoms with Gasteiger partial charge >= 0.3 is 0 Å². The lowest BCUT2D eigenvalue weighted by molar-refractivity contribution is 0.101. The summed E-state index contributed by atoms with van der Waals surface area (Å²) in [4.78, 5) is 32.2. The summed E-state index contributed by atoms with van der Waals surface area (Å²) >= 11 is 0. The van der Waals surface area contributed by atoms with E-state index in [0.717, 1.165) is 40.4 Å². The van der Waals surface area contributed by atoms with Gasteiger partial charge in [-0.05, 0) is 132 Å². The van der Waals surface area contributed by atoms with Crippen molar-refractivity contribution in [3.8, 4) is 0 Å². The maximum absolute atomic E-state index is 11.6. The fraction of sp³-hybridized carbons (Fsp3) is 0.214. The van der Waals surface area contributed by atoms with Crippen LogP contribution in [0.15, 0.2) is 231 Å². The van der Waals surface area contributed by atoms with E-state index in [1.54, 1.807) is 6.92 Å². The van der Waals surface area contributed by atoms with Gasteiger partial charge in [-0.2, -0.15) is 0 Å². The molecule has 1 unspecified atom stereocenters. The van der Waals surface area contributed by atoms with Crippen molar-refractivity contribution in [3.05, 3.63) is 258 Å². The Bertz CT molecular complexity index is 3420. The first kappa shape index (κ1) is 54.2. The van der Waals surface area contributed by atoms with Crippen molar-refractivity contribution >= 4 is 68.3 Å². The minimum absolute atomic E-state index is 0.0997. The van der Waals surface area contributed by atoms with Gasteiger partial charge in [0.2, 0.25) is 0 Å². The van der Waals surface area contributed by atoms with Crippen molar-refractivity contribution in [1.29, 1.82) is 0 Å². The molecule has 10 heteroatoms. The number of carbonyl (C=O) groups is 1. The van der Waals surface area contributed by atoms with Gasteiger partial charge in [0.25, 0.3) is 0 Å². The van der Waals surface area contributed by atoms with Crippen LogP contribution >= 0.6 is 0 Å². The van der Waals surface area contributed by atoms with Gasteiger partial charge in [-0.15, -0.1) is 0 Å². The number of anilines is 11. The van der Waals surface area contributed by atoms with E-state index in [1.807, 2.05) is 32.3 Å². The molecule has 1 atom stereocenters. The number of ketones is 1. The van der Waals surface area contributed by atoms with Crippen LogP contribution in [0.3, 0.4) is 0 Å². The highest BCUT2D eigenvalue weighted by atomic mass is 16.1. The minimum Gasteiger partial charge on any atom is -0.378 e. The fourth-order valence-corrected chi connectivity index (χ4v) is 12.0. The molecule has 80 heavy (non-hydrogen) atoms. The van der Waals surface area contributed by atoms with Crippen molar-refractivity contribution in [3.63, 3.8) is 0 Å². The number of hydrogen-bond acceptors (Lipinski definition) is 10. The Kier molecular flexibility index (Phi) is 15.6. The predicted molar refractivity (Wildman–Crippen MR) is 340 cm³/mol. The third-order valence-corrected chi connectivity index (χ3v) is 16.3. The van der Waals surface area contributed by atoms with Gasteiger partial charge in [0.15, 0.2) is 5.78 Å². The summed E-state index contributed by atoms with van der Waals surface area (Å²) in [6, 6.07) is 81.5. The van der Waals surface area contributed by atoms with E-state index in [4.69, 9.17) is 0 Å². The molecule has 0 saturated heterocycles. The monoisotopic (exact) mass is 1060 g/mol. The molecule has 0 fully saturated rings. The molecule has 0 N–H and O–H groups in total. The Balaban J connectivity index is 0.000000136. The van der Waals surface area contributed by atoms with Crippen molar-refractivity contribution in [2.45, 2.75) is 31.3 Å². The Labute approximate surface area is 475 Å². The zero-order valence-electron chi connectivity index (χ0n) is 48.2. The van der Waals surface area contributed by atoms with Crippen LogP contribution < -0.4 is 44.1 Å². The van der Waals surface area contributed by atoms with Crippen LogP contribution in [0.25, 0.3) is 0 Å². The quantitative estimate of drug-likeness (QED) is 0.117. The highest BCUT2D eigenvalue weighted by Crippen LogP contribution is 2.51. The normalized spacial score (nSPS) is 14.8. The molecule has 406 valence electrons. The molecule has 9 aromatic carbocycles. The number of benzene rings is 9. The number of nitrogens with zero attached hydrogens (tertiary/aromatic N) is 9. The topological polar surface area (TPSA) is 46.2 Å². The molecule has 0 radical (unpaired) electrons. The summed E-state index contributed by atoms with van der Waals surface area (Å²) in [6.45, 7) is 1.61. The summed E-state index contributed by atoms with van der Waals surface area (Å²) in [5.74, 6) is 0.0997. The lowest BCUT2D eigenvalue weighted by atomic mass is 9.89. The van der Waals surface area contributed by atoms with Gasteiger partial charge in [-0.25, -0.2) is 0 Å². The van der Waals surface area contributed by atoms with E-state index in [1.165, 1.54) is 56.4 Å². The fourth-order valence-electron chi connectivity index (χ4n) is 12.0. The third-order valence-electron chi connectivity index (χ3n) is 16.3. The average molecular weight is 1060 g/mol. The van der Waals surface area contributed by atoms with Gasteiger partial charge in [0.05, 0.1) is 34.1 Å². The lowest BCUT2D eigenvalue weighted by Gasteiger charge is -2.44. The second kappa shape index (κ2) is 23.1. The first-order valence-electron chi connectivity index (χ1n) is 27.5. The molecule has 0 aromatic heterocycles. The van der Waals surface area contributed by atoms with E-state index in [-0.39, 0.29) is 23.8 Å². The lowest BCUT2D eigenvalue weighted by Crippen LogP contribution is -2.53. The molecule has 0 aliphatic carbocycles. The van der Waals surface area contributed by atoms with E-state index >= 15 is 0 Å². The van der Waals surface area contributed by atoms with Crippen LogP contribution in [0.4, 0.5) is 62.6 Å². The van der Waals surface area contributed by atoms with Crippen molar-refractivity contribution in [2.75, 3.05) is 115 Å². The molecule has 3 aliphatic rings. The molecule has 0 amide bonds. The maximum atomic E-state index is 11.6. The zero-order chi connectivity index (χ0) is 56.2. The number of fused-ring (bicyclic) bond motifs is 3. The third kappa shape index (κ3) is 10.4. The maximum Gasteiger partial charge on any atom is 0.159 e. The Hall–Kier alpha value is -9.15. The molecular formula is C70H75N9O. The number of carbonyl (C=O) groups excluding carboxylic acids is 1. The molecule has 3 heterocycles. The molecule has 0 saturated carbocycles. The second-order valence-electron chi connectivity index (χ2n) is 21.6. The summed E-state index contributed by atoms with van der Waals surface area (Å²) < 4.78 is 0. The van der Waals surface area contributed by atoms with E-state index in [0.29, 0.717) is 0 Å². The summed E-state index contributed by atoms with van der Waals surface area (Å²) in [7, 11) is 21.2.